The Morgan fingerprint density at radius 3 is 2.19 bits per heavy atom. The summed E-state index contributed by atoms with van der Waals surface area (Å²) in [5.74, 6) is 0.0302. The number of benzene rings is 2. The fraction of sp³-hybridized carbons (Fsp3) is 0.200. The molecule has 3 rings (SSSR count). The van der Waals surface area contributed by atoms with Crippen molar-refractivity contribution >= 4 is 34.0 Å². The second kappa shape index (κ2) is 8.55. The van der Waals surface area contributed by atoms with Crippen molar-refractivity contribution in [2.75, 3.05) is 10.6 Å². The molecule has 0 aliphatic carbocycles. The Morgan fingerprint density at radius 2 is 1.52 bits per heavy atom. The average molecular weight is 380 g/mol. The van der Waals surface area contributed by atoms with Crippen LogP contribution in [-0.4, -0.2) is 22.0 Å². The normalized spacial score (nSPS) is 10.6. The lowest BCUT2D eigenvalue weighted by Gasteiger charge is -2.06. The molecule has 2 N–H and O–H groups in total. The number of carbonyl (C=O) groups is 2. The molecule has 3 aromatic rings. The maximum Gasteiger partial charge on any atom is 0.257 e. The van der Waals surface area contributed by atoms with Gasteiger partial charge in [-0.25, -0.2) is 0 Å². The van der Waals surface area contributed by atoms with Gasteiger partial charge in [-0.1, -0.05) is 43.4 Å². The van der Waals surface area contributed by atoms with E-state index in [1.165, 1.54) is 11.3 Å². The lowest BCUT2D eigenvalue weighted by molar-refractivity contribution is 0.102. The summed E-state index contributed by atoms with van der Waals surface area (Å²) in [5.41, 5.74) is 1.68. The molecule has 0 spiro atoms. The minimum absolute atomic E-state index is 0.195. The monoisotopic (exact) mass is 380 g/mol. The van der Waals surface area contributed by atoms with Gasteiger partial charge in [0.1, 0.15) is 5.01 Å². The molecular formula is C20H20N4O2S. The largest absolute Gasteiger partial charge is 0.322 e. The third-order valence-electron chi connectivity index (χ3n) is 3.71. The van der Waals surface area contributed by atoms with Gasteiger partial charge in [0, 0.05) is 23.2 Å². The van der Waals surface area contributed by atoms with Crippen LogP contribution in [0.1, 0.15) is 39.6 Å². The van der Waals surface area contributed by atoms with Crippen LogP contribution in [0.5, 0.6) is 0 Å². The zero-order valence-electron chi connectivity index (χ0n) is 15.1. The number of anilines is 2. The molecule has 7 heteroatoms. The van der Waals surface area contributed by atoms with Crippen LogP contribution in [-0.2, 0) is 6.42 Å². The average Bonchev–Trinajstić information content (AvgIpc) is 3.09. The summed E-state index contributed by atoms with van der Waals surface area (Å²) >= 11 is 1.38. The third-order valence-corrected chi connectivity index (χ3v) is 4.57. The van der Waals surface area contributed by atoms with Crippen molar-refractivity contribution in [3.8, 4) is 0 Å². The van der Waals surface area contributed by atoms with E-state index in [9.17, 15) is 9.59 Å². The Hall–Kier alpha value is -3.06. The van der Waals surface area contributed by atoms with Crippen molar-refractivity contribution < 1.29 is 9.59 Å². The fourth-order valence-corrected chi connectivity index (χ4v) is 3.35. The van der Waals surface area contributed by atoms with Gasteiger partial charge in [-0.2, -0.15) is 0 Å². The van der Waals surface area contributed by atoms with Gasteiger partial charge in [0.05, 0.1) is 0 Å². The number of carbonyl (C=O) groups excluding carboxylic acids is 2. The van der Waals surface area contributed by atoms with Crippen LogP contribution in [0.2, 0.25) is 0 Å². The standard InChI is InChI=1S/C20H20N4O2S/c1-13(2)12-17-23-24-20(27-17)22-19(26)15-8-10-16(11-9-15)21-18(25)14-6-4-3-5-7-14/h3-11,13H,12H2,1-2H3,(H,21,25)(H,22,24,26). The first-order chi connectivity index (χ1) is 13.0. The van der Waals surface area contributed by atoms with Crippen molar-refractivity contribution in [2.24, 2.45) is 5.92 Å². The van der Waals surface area contributed by atoms with Crippen molar-refractivity contribution in [1.82, 2.24) is 10.2 Å². The van der Waals surface area contributed by atoms with E-state index in [0.29, 0.717) is 27.9 Å². The van der Waals surface area contributed by atoms with Crippen LogP contribution in [0, 0.1) is 5.92 Å². The Balaban J connectivity index is 1.60. The zero-order valence-corrected chi connectivity index (χ0v) is 15.9. The number of hydrogen-bond acceptors (Lipinski definition) is 5. The zero-order chi connectivity index (χ0) is 19.2. The molecule has 1 aromatic heterocycles. The lowest BCUT2D eigenvalue weighted by Crippen LogP contribution is -2.13. The van der Waals surface area contributed by atoms with Crippen LogP contribution in [0.3, 0.4) is 0 Å². The van der Waals surface area contributed by atoms with E-state index in [1.54, 1.807) is 36.4 Å². The van der Waals surface area contributed by atoms with E-state index in [2.05, 4.69) is 34.7 Å². The van der Waals surface area contributed by atoms with Crippen molar-refractivity contribution in [2.45, 2.75) is 20.3 Å². The molecule has 0 fully saturated rings. The number of hydrogen-bond donors (Lipinski definition) is 2. The van der Waals surface area contributed by atoms with Gasteiger partial charge < -0.3 is 5.32 Å². The predicted octanol–water partition coefficient (Wildman–Crippen LogP) is 4.24. The van der Waals surface area contributed by atoms with Crippen LogP contribution in [0.25, 0.3) is 0 Å². The fourth-order valence-electron chi connectivity index (χ4n) is 2.40. The van der Waals surface area contributed by atoms with E-state index in [-0.39, 0.29) is 11.8 Å². The molecule has 1 heterocycles. The first kappa shape index (κ1) is 18.7. The van der Waals surface area contributed by atoms with E-state index in [4.69, 9.17) is 0 Å². The second-order valence-electron chi connectivity index (χ2n) is 6.45. The molecule has 138 valence electrons. The van der Waals surface area contributed by atoms with Crippen molar-refractivity contribution in [3.05, 3.63) is 70.7 Å². The van der Waals surface area contributed by atoms with Gasteiger partial charge in [-0.3, -0.25) is 14.9 Å². The van der Waals surface area contributed by atoms with E-state index < -0.39 is 0 Å². The summed E-state index contributed by atoms with van der Waals surface area (Å²) in [6.07, 6.45) is 0.837. The smallest absolute Gasteiger partial charge is 0.257 e. The van der Waals surface area contributed by atoms with Crippen LogP contribution >= 0.6 is 11.3 Å². The highest BCUT2D eigenvalue weighted by Crippen LogP contribution is 2.19. The number of nitrogens with zero attached hydrogens (tertiary/aromatic N) is 2. The topological polar surface area (TPSA) is 84.0 Å². The SMILES string of the molecule is CC(C)Cc1nnc(NC(=O)c2ccc(NC(=O)c3ccccc3)cc2)s1. The number of amides is 2. The highest BCUT2D eigenvalue weighted by atomic mass is 32.1. The molecule has 0 atom stereocenters. The van der Waals surface area contributed by atoms with Gasteiger partial charge in [0.2, 0.25) is 5.13 Å². The molecule has 0 bridgehead atoms. The molecular weight excluding hydrogens is 360 g/mol. The summed E-state index contributed by atoms with van der Waals surface area (Å²) in [5, 5.41) is 15.0. The minimum atomic E-state index is -0.261. The third kappa shape index (κ3) is 5.21. The molecule has 0 saturated carbocycles. The Kier molecular flexibility index (Phi) is 5.93. The highest BCUT2D eigenvalue weighted by Gasteiger charge is 2.12. The maximum atomic E-state index is 12.3. The van der Waals surface area contributed by atoms with Gasteiger partial charge in [0.25, 0.3) is 11.8 Å². The first-order valence-electron chi connectivity index (χ1n) is 8.61. The molecule has 0 saturated heterocycles. The lowest BCUT2D eigenvalue weighted by atomic mass is 10.1. The number of aromatic nitrogens is 2. The highest BCUT2D eigenvalue weighted by molar-refractivity contribution is 7.15. The van der Waals surface area contributed by atoms with Crippen LogP contribution in [0.15, 0.2) is 54.6 Å². The molecule has 27 heavy (non-hydrogen) atoms. The second-order valence-corrected chi connectivity index (χ2v) is 7.51. The van der Waals surface area contributed by atoms with E-state index in [1.807, 2.05) is 18.2 Å². The molecule has 0 unspecified atom stereocenters. The van der Waals surface area contributed by atoms with Crippen LogP contribution < -0.4 is 10.6 Å². The molecule has 0 aliphatic rings. The summed E-state index contributed by atoms with van der Waals surface area (Å²) in [4.78, 5) is 24.5. The summed E-state index contributed by atoms with van der Waals surface area (Å²) in [6, 6.07) is 15.7. The molecule has 0 aliphatic heterocycles. The summed E-state index contributed by atoms with van der Waals surface area (Å²) in [6.45, 7) is 4.22. The molecule has 0 radical (unpaired) electrons. The van der Waals surface area contributed by atoms with Crippen LogP contribution in [0.4, 0.5) is 10.8 Å². The maximum absolute atomic E-state index is 12.3. The van der Waals surface area contributed by atoms with Gasteiger partial charge in [-0.15, -0.1) is 10.2 Å². The van der Waals surface area contributed by atoms with Crippen molar-refractivity contribution in [3.63, 3.8) is 0 Å². The number of rotatable bonds is 6. The van der Waals surface area contributed by atoms with Gasteiger partial charge in [0.15, 0.2) is 0 Å². The van der Waals surface area contributed by atoms with E-state index in [0.717, 1.165) is 11.4 Å². The molecule has 6 nitrogen and oxygen atoms in total. The molecule has 2 aromatic carbocycles. The summed E-state index contributed by atoms with van der Waals surface area (Å²) < 4.78 is 0. The van der Waals surface area contributed by atoms with E-state index >= 15 is 0 Å². The van der Waals surface area contributed by atoms with Crippen molar-refractivity contribution in [1.29, 1.82) is 0 Å². The Bertz CT molecular complexity index is 921. The quantitative estimate of drug-likeness (QED) is 0.670. The Labute approximate surface area is 161 Å². The molecule has 2 amide bonds. The van der Waals surface area contributed by atoms with Gasteiger partial charge in [-0.05, 0) is 42.3 Å². The predicted molar refractivity (Wildman–Crippen MR) is 107 cm³/mol. The Morgan fingerprint density at radius 1 is 0.889 bits per heavy atom. The minimum Gasteiger partial charge on any atom is -0.322 e. The number of nitrogens with one attached hydrogen (secondary N) is 2. The summed E-state index contributed by atoms with van der Waals surface area (Å²) in [7, 11) is 0. The van der Waals surface area contributed by atoms with Gasteiger partial charge >= 0.3 is 0 Å². The first-order valence-corrected chi connectivity index (χ1v) is 9.43.